The van der Waals surface area contributed by atoms with Crippen LogP contribution in [0, 0.1) is 0 Å². The monoisotopic (exact) mass is 209 g/mol. The summed E-state index contributed by atoms with van der Waals surface area (Å²) in [6.07, 6.45) is 1.69. The standard InChI is InChI=1S/C12H19NO2/c1-2-11(9-13)15-12-5-3-10(4-6-12)7-8-14/h3-6,11,14H,2,7-9,13H2,1H3. The van der Waals surface area contributed by atoms with Crippen LogP contribution < -0.4 is 10.5 Å². The second kappa shape index (κ2) is 6.43. The van der Waals surface area contributed by atoms with Crippen LogP contribution in [0.4, 0.5) is 0 Å². The van der Waals surface area contributed by atoms with E-state index < -0.39 is 0 Å². The fourth-order valence-corrected chi connectivity index (χ4v) is 1.35. The first kappa shape index (κ1) is 12.0. The van der Waals surface area contributed by atoms with Gasteiger partial charge in [-0.25, -0.2) is 0 Å². The van der Waals surface area contributed by atoms with E-state index in [2.05, 4.69) is 6.92 Å². The van der Waals surface area contributed by atoms with Crippen molar-refractivity contribution >= 4 is 0 Å². The molecule has 0 amide bonds. The van der Waals surface area contributed by atoms with Crippen LogP contribution >= 0.6 is 0 Å². The number of benzene rings is 1. The van der Waals surface area contributed by atoms with Gasteiger partial charge >= 0.3 is 0 Å². The Kier molecular flexibility index (Phi) is 5.15. The minimum atomic E-state index is 0.0914. The average molecular weight is 209 g/mol. The van der Waals surface area contributed by atoms with E-state index in [1.165, 1.54) is 0 Å². The lowest BCUT2D eigenvalue weighted by molar-refractivity contribution is 0.205. The predicted molar refractivity (Wildman–Crippen MR) is 61.0 cm³/mol. The van der Waals surface area contributed by atoms with Gasteiger partial charge in [0.1, 0.15) is 11.9 Å². The van der Waals surface area contributed by atoms with Gasteiger partial charge in [-0.05, 0) is 30.5 Å². The Hall–Kier alpha value is -1.06. The Labute approximate surface area is 90.9 Å². The van der Waals surface area contributed by atoms with E-state index in [0.717, 1.165) is 17.7 Å². The summed E-state index contributed by atoms with van der Waals surface area (Å²) in [5.74, 6) is 0.842. The molecule has 15 heavy (non-hydrogen) atoms. The summed E-state index contributed by atoms with van der Waals surface area (Å²) in [4.78, 5) is 0. The highest BCUT2D eigenvalue weighted by Gasteiger charge is 2.04. The van der Waals surface area contributed by atoms with Crippen molar-refractivity contribution in [3.8, 4) is 5.75 Å². The van der Waals surface area contributed by atoms with Crippen LogP contribution in [0.25, 0.3) is 0 Å². The van der Waals surface area contributed by atoms with Crippen molar-refractivity contribution in [3.63, 3.8) is 0 Å². The Balaban J connectivity index is 2.55. The van der Waals surface area contributed by atoms with E-state index in [9.17, 15) is 0 Å². The van der Waals surface area contributed by atoms with Crippen LogP contribution in [-0.4, -0.2) is 24.4 Å². The van der Waals surface area contributed by atoms with Gasteiger partial charge in [-0.3, -0.25) is 0 Å². The second-order valence-corrected chi connectivity index (χ2v) is 3.50. The van der Waals surface area contributed by atoms with Crippen molar-refractivity contribution in [2.45, 2.75) is 25.9 Å². The molecule has 0 bridgehead atoms. The minimum Gasteiger partial charge on any atom is -0.489 e. The predicted octanol–water partition coefficient (Wildman–Crippen LogP) is 1.34. The summed E-state index contributed by atoms with van der Waals surface area (Å²) in [5, 5.41) is 8.76. The maximum Gasteiger partial charge on any atom is 0.119 e. The van der Waals surface area contributed by atoms with Crippen molar-refractivity contribution in [2.75, 3.05) is 13.2 Å². The van der Waals surface area contributed by atoms with Crippen molar-refractivity contribution in [1.29, 1.82) is 0 Å². The zero-order chi connectivity index (χ0) is 11.1. The van der Waals surface area contributed by atoms with E-state index in [-0.39, 0.29) is 12.7 Å². The lowest BCUT2D eigenvalue weighted by Crippen LogP contribution is -2.25. The first-order chi connectivity index (χ1) is 7.30. The van der Waals surface area contributed by atoms with Gasteiger partial charge < -0.3 is 15.6 Å². The van der Waals surface area contributed by atoms with Crippen LogP contribution in [0.2, 0.25) is 0 Å². The van der Waals surface area contributed by atoms with Gasteiger partial charge in [0.05, 0.1) is 0 Å². The van der Waals surface area contributed by atoms with Gasteiger partial charge in [0, 0.05) is 13.2 Å². The lowest BCUT2D eigenvalue weighted by Gasteiger charge is -2.15. The smallest absolute Gasteiger partial charge is 0.119 e. The first-order valence-corrected chi connectivity index (χ1v) is 5.36. The normalized spacial score (nSPS) is 12.5. The van der Waals surface area contributed by atoms with Crippen molar-refractivity contribution in [1.82, 2.24) is 0 Å². The maximum atomic E-state index is 8.76. The number of ether oxygens (including phenoxy) is 1. The molecule has 0 aliphatic rings. The summed E-state index contributed by atoms with van der Waals surface area (Å²) in [7, 11) is 0. The van der Waals surface area contributed by atoms with E-state index in [0.29, 0.717) is 13.0 Å². The molecule has 3 nitrogen and oxygen atoms in total. The zero-order valence-corrected chi connectivity index (χ0v) is 9.15. The second-order valence-electron chi connectivity index (χ2n) is 3.50. The van der Waals surface area contributed by atoms with Crippen LogP contribution in [-0.2, 0) is 6.42 Å². The van der Waals surface area contributed by atoms with Crippen LogP contribution in [0.5, 0.6) is 5.75 Å². The SMILES string of the molecule is CCC(CN)Oc1ccc(CCO)cc1. The molecular weight excluding hydrogens is 190 g/mol. The van der Waals surface area contributed by atoms with Gasteiger partial charge in [0.2, 0.25) is 0 Å². The van der Waals surface area contributed by atoms with Crippen LogP contribution in [0.1, 0.15) is 18.9 Å². The van der Waals surface area contributed by atoms with Gasteiger partial charge in [-0.2, -0.15) is 0 Å². The Morgan fingerprint density at radius 1 is 1.33 bits per heavy atom. The topological polar surface area (TPSA) is 55.5 Å². The molecule has 0 aliphatic heterocycles. The fourth-order valence-electron chi connectivity index (χ4n) is 1.35. The van der Waals surface area contributed by atoms with Crippen molar-refractivity contribution < 1.29 is 9.84 Å². The third kappa shape index (κ3) is 3.90. The number of nitrogens with two attached hydrogens (primary N) is 1. The Morgan fingerprint density at radius 2 is 2.00 bits per heavy atom. The van der Waals surface area contributed by atoms with Crippen LogP contribution in [0.15, 0.2) is 24.3 Å². The first-order valence-electron chi connectivity index (χ1n) is 5.36. The molecule has 0 heterocycles. The zero-order valence-electron chi connectivity index (χ0n) is 9.15. The highest BCUT2D eigenvalue weighted by molar-refractivity contribution is 5.27. The minimum absolute atomic E-state index is 0.0914. The molecule has 1 rings (SSSR count). The van der Waals surface area contributed by atoms with Gasteiger partial charge in [0.15, 0.2) is 0 Å². The third-order valence-corrected chi connectivity index (χ3v) is 2.34. The Morgan fingerprint density at radius 3 is 2.47 bits per heavy atom. The molecule has 1 atom stereocenters. The highest BCUT2D eigenvalue weighted by Crippen LogP contribution is 2.14. The fraction of sp³-hybridized carbons (Fsp3) is 0.500. The molecule has 0 spiro atoms. The van der Waals surface area contributed by atoms with Gasteiger partial charge in [-0.1, -0.05) is 19.1 Å². The number of aliphatic hydroxyl groups is 1. The van der Waals surface area contributed by atoms with Crippen molar-refractivity contribution in [3.05, 3.63) is 29.8 Å². The number of hydrogen-bond donors (Lipinski definition) is 2. The molecule has 0 saturated heterocycles. The molecule has 0 fully saturated rings. The molecule has 0 aromatic heterocycles. The van der Waals surface area contributed by atoms with E-state index in [1.54, 1.807) is 0 Å². The summed E-state index contributed by atoms with van der Waals surface area (Å²) in [6.45, 7) is 2.77. The van der Waals surface area contributed by atoms with Crippen molar-refractivity contribution in [2.24, 2.45) is 5.73 Å². The molecule has 0 radical (unpaired) electrons. The summed E-state index contributed by atoms with van der Waals surface area (Å²) in [5.41, 5.74) is 6.67. The summed E-state index contributed by atoms with van der Waals surface area (Å²) in [6, 6.07) is 7.77. The van der Waals surface area contributed by atoms with E-state index >= 15 is 0 Å². The van der Waals surface area contributed by atoms with E-state index in [1.807, 2.05) is 24.3 Å². The molecule has 0 aliphatic carbocycles. The summed E-state index contributed by atoms with van der Waals surface area (Å²) >= 11 is 0. The highest BCUT2D eigenvalue weighted by atomic mass is 16.5. The molecule has 84 valence electrons. The Bertz CT molecular complexity index is 267. The lowest BCUT2D eigenvalue weighted by atomic mass is 10.1. The number of hydrogen-bond acceptors (Lipinski definition) is 3. The quantitative estimate of drug-likeness (QED) is 0.743. The third-order valence-electron chi connectivity index (χ3n) is 2.34. The maximum absolute atomic E-state index is 8.76. The van der Waals surface area contributed by atoms with Crippen LogP contribution in [0.3, 0.4) is 0 Å². The number of aliphatic hydroxyl groups excluding tert-OH is 1. The van der Waals surface area contributed by atoms with E-state index in [4.69, 9.17) is 15.6 Å². The van der Waals surface area contributed by atoms with Gasteiger partial charge in [-0.15, -0.1) is 0 Å². The molecule has 3 N–H and O–H groups in total. The largest absolute Gasteiger partial charge is 0.489 e. The molecule has 1 unspecified atom stereocenters. The van der Waals surface area contributed by atoms with Gasteiger partial charge in [0.25, 0.3) is 0 Å². The number of rotatable bonds is 6. The summed E-state index contributed by atoms with van der Waals surface area (Å²) < 4.78 is 5.66. The molecule has 1 aromatic rings. The molecule has 1 aromatic carbocycles. The average Bonchev–Trinajstić information content (AvgIpc) is 2.28. The molecular formula is C12H19NO2. The molecule has 3 heteroatoms. The molecule has 0 saturated carbocycles.